The van der Waals surface area contributed by atoms with Gasteiger partial charge in [0.1, 0.15) is 0 Å². The summed E-state index contributed by atoms with van der Waals surface area (Å²) in [4.78, 5) is 8.21. The van der Waals surface area contributed by atoms with Gasteiger partial charge in [-0.3, -0.25) is 0 Å². The zero-order valence-corrected chi connectivity index (χ0v) is 8.17. The SMILES string of the molecule is Nc1cnc(-n2ccc(C3CC3)n2)nc1. The number of hydrogen-bond donors (Lipinski definition) is 1. The van der Waals surface area contributed by atoms with E-state index < -0.39 is 0 Å². The maximum Gasteiger partial charge on any atom is 0.250 e. The maximum absolute atomic E-state index is 5.51. The third-order valence-corrected chi connectivity index (χ3v) is 2.47. The lowest BCUT2D eigenvalue weighted by molar-refractivity contribution is 0.783. The van der Waals surface area contributed by atoms with Crippen molar-refractivity contribution < 1.29 is 0 Å². The van der Waals surface area contributed by atoms with Gasteiger partial charge in [0.15, 0.2) is 0 Å². The zero-order valence-electron chi connectivity index (χ0n) is 8.17. The van der Waals surface area contributed by atoms with Crippen molar-refractivity contribution in [1.29, 1.82) is 0 Å². The van der Waals surface area contributed by atoms with Crippen LogP contribution in [0.25, 0.3) is 5.95 Å². The summed E-state index contributed by atoms with van der Waals surface area (Å²) in [6.45, 7) is 0. The van der Waals surface area contributed by atoms with E-state index in [1.54, 1.807) is 17.1 Å². The van der Waals surface area contributed by atoms with Gasteiger partial charge in [0.05, 0.1) is 23.8 Å². The zero-order chi connectivity index (χ0) is 10.3. The average molecular weight is 201 g/mol. The lowest BCUT2D eigenvalue weighted by Crippen LogP contribution is -2.02. The van der Waals surface area contributed by atoms with Gasteiger partial charge >= 0.3 is 0 Å². The van der Waals surface area contributed by atoms with Crippen molar-refractivity contribution in [3.05, 3.63) is 30.4 Å². The molecule has 0 spiro atoms. The Morgan fingerprint density at radius 1 is 1.27 bits per heavy atom. The molecule has 0 bridgehead atoms. The molecule has 1 fully saturated rings. The van der Waals surface area contributed by atoms with Crippen molar-refractivity contribution in [3.63, 3.8) is 0 Å². The molecule has 2 aromatic rings. The number of anilines is 1. The van der Waals surface area contributed by atoms with Crippen LogP contribution >= 0.6 is 0 Å². The molecule has 0 unspecified atom stereocenters. The second kappa shape index (κ2) is 3.05. The van der Waals surface area contributed by atoms with Crippen LogP contribution in [0.3, 0.4) is 0 Å². The predicted octanol–water partition coefficient (Wildman–Crippen LogP) is 1.12. The number of nitrogen functional groups attached to an aromatic ring is 1. The molecule has 5 heteroatoms. The molecule has 0 saturated heterocycles. The van der Waals surface area contributed by atoms with Crippen LogP contribution in [-0.4, -0.2) is 19.7 Å². The Hall–Kier alpha value is -1.91. The van der Waals surface area contributed by atoms with Crippen LogP contribution in [0, 0.1) is 0 Å². The molecule has 1 saturated carbocycles. The summed E-state index contributed by atoms with van der Waals surface area (Å²) in [7, 11) is 0. The Labute approximate surface area is 87.0 Å². The largest absolute Gasteiger partial charge is 0.396 e. The summed E-state index contributed by atoms with van der Waals surface area (Å²) in [5.74, 6) is 1.22. The second-order valence-electron chi connectivity index (χ2n) is 3.78. The van der Waals surface area contributed by atoms with Gasteiger partial charge in [-0.15, -0.1) is 0 Å². The molecule has 0 aliphatic heterocycles. The summed E-state index contributed by atoms with van der Waals surface area (Å²) >= 11 is 0. The van der Waals surface area contributed by atoms with Crippen LogP contribution < -0.4 is 5.73 Å². The van der Waals surface area contributed by atoms with Gasteiger partial charge in [0.25, 0.3) is 5.95 Å². The highest BCUT2D eigenvalue weighted by Gasteiger charge is 2.26. The molecule has 15 heavy (non-hydrogen) atoms. The van der Waals surface area contributed by atoms with Crippen molar-refractivity contribution in [2.45, 2.75) is 18.8 Å². The molecule has 2 N–H and O–H groups in total. The first-order valence-electron chi connectivity index (χ1n) is 4.96. The Kier molecular flexibility index (Phi) is 1.71. The number of aromatic nitrogens is 4. The van der Waals surface area contributed by atoms with E-state index in [4.69, 9.17) is 5.73 Å². The Morgan fingerprint density at radius 2 is 2.00 bits per heavy atom. The lowest BCUT2D eigenvalue weighted by Gasteiger charge is -1.98. The molecular formula is C10H11N5. The Bertz CT molecular complexity index is 469. The second-order valence-corrected chi connectivity index (χ2v) is 3.78. The molecule has 5 nitrogen and oxygen atoms in total. The Morgan fingerprint density at radius 3 is 2.67 bits per heavy atom. The molecule has 0 atom stereocenters. The van der Waals surface area contributed by atoms with Gasteiger partial charge in [-0.1, -0.05) is 0 Å². The summed E-state index contributed by atoms with van der Waals surface area (Å²) in [5, 5.41) is 4.42. The van der Waals surface area contributed by atoms with E-state index in [2.05, 4.69) is 15.1 Å². The Balaban J connectivity index is 1.93. The van der Waals surface area contributed by atoms with E-state index in [1.807, 2.05) is 12.3 Å². The monoisotopic (exact) mass is 201 g/mol. The standard InChI is InChI=1S/C10H11N5/c11-8-5-12-10(13-6-8)15-4-3-9(14-15)7-1-2-7/h3-7H,1-2,11H2. The maximum atomic E-state index is 5.51. The summed E-state index contributed by atoms with van der Waals surface area (Å²) in [6, 6.07) is 2.03. The van der Waals surface area contributed by atoms with Gasteiger partial charge in [-0.25, -0.2) is 14.6 Å². The van der Waals surface area contributed by atoms with E-state index in [-0.39, 0.29) is 0 Å². The lowest BCUT2D eigenvalue weighted by atomic mass is 10.3. The van der Waals surface area contributed by atoms with Crippen LogP contribution in [0.15, 0.2) is 24.7 Å². The van der Waals surface area contributed by atoms with Crippen molar-refractivity contribution in [2.24, 2.45) is 0 Å². The average Bonchev–Trinajstić information content (AvgIpc) is 2.99. The number of hydrogen-bond acceptors (Lipinski definition) is 4. The topological polar surface area (TPSA) is 69.6 Å². The predicted molar refractivity (Wildman–Crippen MR) is 55.5 cm³/mol. The molecule has 2 heterocycles. The molecule has 0 radical (unpaired) electrons. The van der Waals surface area contributed by atoms with Crippen LogP contribution in [0.5, 0.6) is 0 Å². The summed E-state index contributed by atoms with van der Waals surface area (Å²) in [6.07, 6.45) is 7.56. The van der Waals surface area contributed by atoms with E-state index >= 15 is 0 Å². The summed E-state index contributed by atoms with van der Waals surface area (Å²) < 4.78 is 1.69. The third kappa shape index (κ3) is 1.56. The van der Waals surface area contributed by atoms with Crippen molar-refractivity contribution in [1.82, 2.24) is 19.7 Å². The number of nitrogens with two attached hydrogens (primary N) is 1. The fourth-order valence-corrected chi connectivity index (χ4v) is 1.50. The van der Waals surface area contributed by atoms with Gasteiger partial charge in [-0.05, 0) is 18.9 Å². The smallest absolute Gasteiger partial charge is 0.250 e. The van der Waals surface area contributed by atoms with Gasteiger partial charge in [-0.2, -0.15) is 5.10 Å². The first-order valence-corrected chi connectivity index (χ1v) is 4.96. The van der Waals surface area contributed by atoms with E-state index in [0.717, 1.165) is 5.69 Å². The van der Waals surface area contributed by atoms with Crippen molar-refractivity contribution >= 4 is 5.69 Å². The van der Waals surface area contributed by atoms with Gasteiger partial charge < -0.3 is 5.73 Å². The fourth-order valence-electron chi connectivity index (χ4n) is 1.50. The minimum atomic E-state index is 0.563. The molecule has 0 aromatic carbocycles. The minimum absolute atomic E-state index is 0.563. The first kappa shape index (κ1) is 8.40. The highest BCUT2D eigenvalue weighted by atomic mass is 15.3. The third-order valence-electron chi connectivity index (χ3n) is 2.47. The fraction of sp³-hybridized carbons (Fsp3) is 0.300. The molecule has 0 amide bonds. The summed E-state index contributed by atoms with van der Waals surface area (Å²) in [5.41, 5.74) is 7.21. The van der Waals surface area contributed by atoms with E-state index in [0.29, 0.717) is 17.6 Å². The molecule has 1 aliphatic rings. The molecule has 3 rings (SSSR count). The molecule has 76 valence electrons. The molecule has 2 aromatic heterocycles. The van der Waals surface area contributed by atoms with Crippen LogP contribution in [0.2, 0.25) is 0 Å². The van der Waals surface area contributed by atoms with Crippen LogP contribution in [0.4, 0.5) is 5.69 Å². The number of rotatable bonds is 2. The minimum Gasteiger partial charge on any atom is -0.396 e. The van der Waals surface area contributed by atoms with E-state index in [9.17, 15) is 0 Å². The van der Waals surface area contributed by atoms with Crippen LogP contribution in [-0.2, 0) is 0 Å². The first-order chi connectivity index (χ1) is 7.33. The van der Waals surface area contributed by atoms with Gasteiger partial charge in [0.2, 0.25) is 0 Å². The van der Waals surface area contributed by atoms with Crippen molar-refractivity contribution in [3.8, 4) is 5.95 Å². The van der Waals surface area contributed by atoms with Crippen LogP contribution in [0.1, 0.15) is 24.5 Å². The van der Waals surface area contributed by atoms with Gasteiger partial charge in [0, 0.05) is 12.1 Å². The molecular weight excluding hydrogens is 190 g/mol. The quantitative estimate of drug-likeness (QED) is 0.790. The normalized spacial score (nSPS) is 15.5. The highest BCUT2D eigenvalue weighted by Crippen LogP contribution is 2.38. The van der Waals surface area contributed by atoms with Crippen molar-refractivity contribution in [2.75, 3.05) is 5.73 Å². The van der Waals surface area contributed by atoms with E-state index in [1.165, 1.54) is 12.8 Å². The number of nitrogens with zero attached hydrogens (tertiary/aromatic N) is 4. The molecule has 1 aliphatic carbocycles. The highest BCUT2D eigenvalue weighted by molar-refractivity contribution is 5.32.